The Morgan fingerprint density at radius 2 is 1.90 bits per heavy atom. The molecule has 0 saturated carbocycles. The molecule has 3 aromatic carbocycles. The highest BCUT2D eigenvalue weighted by Gasteiger charge is 2.15. The average molecular weight is 440 g/mol. The molecule has 0 aliphatic heterocycles. The van der Waals surface area contributed by atoms with Crippen LogP contribution >= 0.6 is 23.2 Å². The zero-order valence-electron chi connectivity index (χ0n) is 16.2. The van der Waals surface area contributed by atoms with Crippen molar-refractivity contribution in [2.75, 3.05) is 5.32 Å². The summed E-state index contributed by atoms with van der Waals surface area (Å²) in [6.07, 6.45) is 0. The fraction of sp³-hybridized carbons (Fsp3) is 0.130. The molecule has 0 radical (unpaired) electrons. The summed E-state index contributed by atoms with van der Waals surface area (Å²) in [6, 6.07) is 20.2. The second-order valence-corrected chi connectivity index (χ2v) is 7.70. The normalized spacial score (nSPS) is 10.9. The molecule has 5 nitrogen and oxygen atoms in total. The number of nitrogens with zero attached hydrogens (tertiary/aromatic N) is 2. The van der Waals surface area contributed by atoms with Crippen LogP contribution in [0.5, 0.6) is 5.75 Å². The number of anilines is 1. The zero-order valence-corrected chi connectivity index (χ0v) is 17.7. The minimum absolute atomic E-state index is 0.103. The Kier molecular flexibility index (Phi) is 5.93. The van der Waals surface area contributed by atoms with Gasteiger partial charge in [0, 0.05) is 15.7 Å². The number of hydrogen-bond acceptors (Lipinski definition) is 3. The smallest absolute Gasteiger partial charge is 0.244 e. The van der Waals surface area contributed by atoms with Crippen LogP contribution in [-0.2, 0) is 17.9 Å². The average Bonchev–Trinajstić information content (AvgIpc) is 3.06. The molecule has 0 bridgehead atoms. The number of nitrogens with one attached hydrogen (secondary N) is 1. The van der Waals surface area contributed by atoms with E-state index in [1.54, 1.807) is 30.3 Å². The van der Waals surface area contributed by atoms with Gasteiger partial charge in [0.15, 0.2) is 0 Å². The Morgan fingerprint density at radius 3 is 2.70 bits per heavy atom. The highest BCUT2D eigenvalue weighted by atomic mass is 35.5. The van der Waals surface area contributed by atoms with Gasteiger partial charge in [-0.05, 0) is 61.0 Å². The largest absolute Gasteiger partial charge is 0.486 e. The predicted molar refractivity (Wildman–Crippen MR) is 120 cm³/mol. The van der Waals surface area contributed by atoms with E-state index in [2.05, 4.69) is 10.3 Å². The standard InChI is InChI=1S/C23H19Cl2N3O2/c1-15-11-18(9-10-19(15)25)30-14-22-27-20-7-2-3-8-21(20)28(22)13-23(29)26-17-6-4-5-16(24)12-17/h2-12H,13-14H2,1H3,(H,26,29). The van der Waals surface area contributed by atoms with E-state index in [0.29, 0.717) is 27.3 Å². The molecule has 0 spiro atoms. The predicted octanol–water partition coefficient (Wildman–Crippen LogP) is 5.87. The summed E-state index contributed by atoms with van der Waals surface area (Å²) in [4.78, 5) is 17.3. The van der Waals surface area contributed by atoms with Gasteiger partial charge in [0.25, 0.3) is 0 Å². The summed E-state index contributed by atoms with van der Waals surface area (Å²) in [5, 5.41) is 4.12. The van der Waals surface area contributed by atoms with Crippen molar-refractivity contribution in [1.29, 1.82) is 0 Å². The molecule has 1 amide bonds. The number of halogens is 2. The summed E-state index contributed by atoms with van der Waals surface area (Å²) >= 11 is 12.1. The van der Waals surface area contributed by atoms with Crippen LogP contribution in [-0.4, -0.2) is 15.5 Å². The SMILES string of the molecule is Cc1cc(OCc2nc3ccccc3n2CC(=O)Nc2cccc(Cl)c2)ccc1Cl. The van der Waals surface area contributed by atoms with Crippen LogP contribution in [0.15, 0.2) is 66.7 Å². The van der Waals surface area contributed by atoms with Crippen molar-refractivity contribution in [3.05, 3.63) is 88.2 Å². The lowest BCUT2D eigenvalue weighted by molar-refractivity contribution is -0.116. The summed E-state index contributed by atoms with van der Waals surface area (Å²) in [5.41, 5.74) is 3.25. The summed E-state index contributed by atoms with van der Waals surface area (Å²) in [5.74, 6) is 1.17. The van der Waals surface area contributed by atoms with Gasteiger partial charge in [0.05, 0.1) is 11.0 Å². The van der Waals surface area contributed by atoms with Crippen LogP contribution < -0.4 is 10.1 Å². The Labute approximate surface area is 184 Å². The molecule has 1 aromatic heterocycles. The first-order valence-electron chi connectivity index (χ1n) is 9.38. The molecule has 7 heteroatoms. The van der Waals surface area contributed by atoms with E-state index in [1.165, 1.54) is 0 Å². The molecule has 152 valence electrons. The van der Waals surface area contributed by atoms with Crippen molar-refractivity contribution in [1.82, 2.24) is 9.55 Å². The number of para-hydroxylation sites is 2. The Morgan fingerprint density at radius 1 is 1.07 bits per heavy atom. The fourth-order valence-corrected chi connectivity index (χ4v) is 3.49. The number of amides is 1. The number of ether oxygens (including phenoxy) is 1. The topological polar surface area (TPSA) is 56.2 Å². The molecule has 0 saturated heterocycles. The number of carbonyl (C=O) groups excluding carboxylic acids is 1. The minimum Gasteiger partial charge on any atom is -0.486 e. The molecule has 0 unspecified atom stereocenters. The maximum atomic E-state index is 12.7. The third-order valence-electron chi connectivity index (χ3n) is 4.64. The third kappa shape index (κ3) is 4.58. The molecule has 0 fully saturated rings. The first-order chi connectivity index (χ1) is 14.5. The highest BCUT2D eigenvalue weighted by molar-refractivity contribution is 6.31. The van der Waals surface area contributed by atoms with Crippen LogP contribution in [0.2, 0.25) is 10.0 Å². The van der Waals surface area contributed by atoms with Crippen LogP contribution in [0.1, 0.15) is 11.4 Å². The number of carbonyl (C=O) groups is 1. The second kappa shape index (κ2) is 8.78. The van der Waals surface area contributed by atoms with Crippen molar-refractivity contribution >= 4 is 45.8 Å². The number of benzene rings is 3. The Bertz CT molecular complexity index is 1220. The van der Waals surface area contributed by atoms with Crippen LogP contribution in [0, 0.1) is 6.92 Å². The quantitative estimate of drug-likeness (QED) is 0.408. The first kappa shape index (κ1) is 20.3. The van der Waals surface area contributed by atoms with Gasteiger partial charge in [-0.2, -0.15) is 0 Å². The number of hydrogen-bond donors (Lipinski definition) is 1. The summed E-state index contributed by atoms with van der Waals surface area (Å²) < 4.78 is 7.78. The molecule has 4 rings (SSSR count). The van der Waals surface area contributed by atoms with Gasteiger partial charge in [-0.15, -0.1) is 0 Å². The van der Waals surface area contributed by atoms with Crippen molar-refractivity contribution < 1.29 is 9.53 Å². The third-order valence-corrected chi connectivity index (χ3v) is 5.30. The van der Waals surface area contributed by atoms with E-state index >= 15 is 0 Å². The van der Waals surface area contributed by atoms with E-state index in [4.69, 9.17) is 27.9 Å². The van der Waals surface area contributed by atoms with Crippen molar-refractivity contribution in [3.63, 3.8) is 0 Å². The van der Waals surface area contributed by atoms with Gasteiger partial charge < -0.3 is 14.6 Å². The molecular formula is C23H19Cl2N3O2. The monoisotopic (exact) mass is 439 g/mol. The Balaban J connectivity index is 1.56. The molecule has 1 N–H and O–H groups in total. The lowest BCUT2D eigenvalue weighted by Gasteiger charge is -2.12. The first-order valence-corrected chi connectivity index (χ1v) is 10.1. The second-order valence-electron chi connectivity index (χ2n) is 6.86. The summed E-state index contributed by atoms with van der Waals surface area (Å²) in [6.45, 7) is 2.25. The lowest BCUT2D eigenvalue weighted by atomic mass is 10.2. The molecular weight excluding hydrogens is 421 g/mol. The molecule has 0 aliphatic rings. The van der Waals surface area contributed by atoms with Gasteiger partial charge in [0.2, 0.25) is 5.91 Å². The van der Waals surface area contributed by atoms with Crippen molar-refractivity contribution in [2.24, 2.45) is 0 Å². The highest BCUT2D eigenvalue weighted by Crippen LogP contribution is 2.23. The van der Waals surface area contributed by atoms with Gasteiger partial charge >= 0.3 is 0 Å². The fourth-order valence-electron chi connectivity index (χ4n) is 3.18. The van der Waals surface area contributed by atoms with E-state index in [9.17, 15) is 4.79 Å². The van der Waals surface area contributed by atoms with Crippen LogP contribution in [0.3, 0.4) is 0 Å². The van der Waals surface area contributed by atoms with Gasteiger partial charge in [-0.3, -0.25) is 4.79 Å². The number of fused-ring (bicyclic) bond motifs is 1. The maximum absolute atomic E-state index is 12.7. The zero-order chi connectivity index (χ0) is 21.1. The van der Waals surface area contributed by atoms with Gasteiger partial charge in [-0.1, -0.05) is 41.4 Å². The minimum atomic E-state index is -0.177. The molecule has 0 aliphatic carbocycles. The van der Waals surface area contributed by atoms with E-state index in [1.807, 2.05) is 47.9 Å². The van der Waals surface area contributed by atoms with Crippen LogP contribution in [0.25, 0.3) is 11.0 Å². The maximum Gasteiger partial charge on any atom is 0.244 e. The summed E-state index contributed by atoms with van der Waals surface area (Å²) in [7, 11) is 0. The van der Waals surface area contributed by atoms with Crippen molar-refractivity contribution in [2.45, 2.75) is 20.1 Å². The van der Waals surface area contributed by atoms with Crippen LogP contribution in [0.4, 0.5) is 5.69 Å². The molecule has 1 heterocycles. The number of imidazole rings is 1. The van der Waals surface area contributed by atoms with E-state index in [0.717, 1.165) is 16.6 Å². The van der Waals surface area contributed by atoms with Gasteiger partial charge in [0.1, 0.15) is 24.7 Å². The number of aryl methyl sites for hydroxylation is 1. The number of aromatic nitrogens is 2. The van der Waals surface area contributed by atoms with E-state index in [-0.39, 0.29) is 19.1 Å². The van der Waals surface area contributed by atoms with Crippen molar-refractivity contribution in [3.8, 4) is 5.75 Å². The van der Waals surface area contributed by atoms with Gasteiger partial charge in [-0.25, -0.2) is 4.98 Å². The molecule has 4 aromatic rings. The molecule has 0 atom stereocenters. The Hall–Kier alpha value is -3.02. The molecule has 30 heavy (non-hydrogen) atoms. The lowest BCUT2D eigenvalue weighted by Crippen LogP contribution is -2.20. The van der Waals surface area contributed by atoms with E-state index < -0.39 is 0 Å². The number of rotatable bonds is 6.